The van der Waals surface area contributed by atoms with Gasteiger partial charge in [-0.25, -0.2) is 0 Å². The molecule has 0 aromatic carbocycles. The van der Waals surface area contributed by atoms with E-state index in [-0.39, 0.29) is 11.3 Å². The van der Waals surface area contributed by atoms with Crippen molar-refractivity contribution in [2.45, 2.75) is 52.2 Å². The van der Waals surface area contributed by atoms with Gasteiger partial charge in [-0.05, 0) is 40.0 Å². The molecule has 1 aliphatic carbocycles. The van der Waals surface area contributed by atoms with E-state index in [1.807, 2.05) is 20.8 Å². The number of fused-ring (bicyclic) bond motifs is 1. The maximum Gasteiger partial charge on any atom is 0.226 e. The average Bonchev–Trinajstić information content (AvgIpc) is 2.30. The third kappa shape index (κ3) is 2.86. The highest BCUT2D eigenvalue weighted by Crippen LogP contribution is 2.38. The number of ether oxygens (including phenoxy) is 1. The van der Waals surface area contributed by atoms with Crippen LogP contribution in [0.15, 0.2) is 0 Å². The minimum Gasteiger partial charge on any atom is -0.378 e. The molecule has 2 fully saturated rings. The Balaban J connectivity index is 1.76. The van der Waals surface area contributed by atoms with Crippen LogP contribution in [-0.2, 0) is 9.53 Å². The van der Waals surface area contributed by atoms with Crippen LogP contribution in [0.4, 0.5) is 0 Å². The van der Waals surface area contributed by atoms with E-state index < -0.39 is 0 Å². The summed E-state index contributed by atoms with van der Waals surface area (Å²) < 4.78 is 5.71. The molecule has 0 radical (unpaired) electrons. The number of carbonyl (C=O) groups excluding carboxylic acids is 1. The minimum atomic E-state index is -0.337. The first-order valence-corrected chi connectivity index (χ1v) is 7.18. The molecule has 0 spiro atoms. The van der Waals surface area contributed by atoms with Crippen LogP contribution in [0, 0.1) is 11.3 Å². The fraction of sp³-hybridized carbons (Fsp3) is 0.929. The molecule has 4 nitrogen and oxygen atoms in total. The van der Waals surface area contributed by atoms with Gasteiger partial charge in [-0.1, -0.05) is 0 Å². The van der Waals surface area contributed by atoms with Gasteiger partial charge in [-0.15, -0.1) is 0 Å². The molecule has 2 rings (SSSR count). The van der Waals surface area contributed by atoms with E-state index in [1.54, 1.807) is 0 Å². The van der Waals surface area contributed by atoms with E-state index in [4.69, 9.17) is 4.74 Å². The van der Waals surface area contributed by atoms with E-state index in [1.165, 1.54) is 12.8 Å². The highest BCUT2D eigenvalue weighted by Gasteiger charge is 2.43. The largest absolute Gasteiger partial charge is 0.378 e. The van der Waals surface area contributed by atoms with Gasteiger partial charge in [0.2, 0.25) is 5.91 Å². The van der Waals surface area contributed by atoms with Crippen molar-refractivity contribution in [2.24, 2.45) is 11.3 Å². The van der Waals surface area contributed by atoms with Crippen molar-refractivity contribution in [2.75, 3.05) is 19.7 Å². The Kier molecular flexibility index (Phi) is 4.28. The molecule has 1 aliphatic heterocycles. The minimum absolute atomic E-state index is 0.133. The molecule has 4 heteroatoms. The van der Waals surface area contributed by atoms with Crippen molar-refractivity contribution >= 4 is 5.91 Å². The maximum absolute atomic E-state index is 11.9. The van der Waals surface area contributed by atoms with Crippen molar-refractivity contribution in [3.05, 3.63) is 0 Å². The Labute approximate surface area is 110 Å². The lowest BCUT2D eigenvalue weighted by molar-refractivity contribution is -0.130. The summed E-state index contributed by atoms with van der Waals surface area (Å²) in [5.41, 5.74) is -0.337. The standard InChI is InChI=1S/C14H26N2O2/c1-4-15-13(17)14(2,3)9-16-11-8-12-10(11)6-5-7-18-12/h10-12,16H,4-9H2,1-3H3,(H,15,17)/t10-,11+,12+/m0/s1. The van der Waals surface area contributed by atoms with Gasteiger partial charge in [-0.3, -0.25) is 4.79 Å². The second kappa shape index (κ2) is 5.57. The average molecular weight is 254 g/mol. The molecule has 2 aliphatic rings. The van der Waals surface area contributed by atoms with Gasteiger partial charge in [0.1, 0.15) is 0 Å². The second-order valence-electron chi connectivity index (χ2n) is 6.18. The Morgan fingerprint density at radius 3 is 2.89 bits per heavy atom. The van der Waals surface area contributed by atoms with Crippen LogP contribution in [0.1, 0.15) is 40.0 Å². The summed E-state index contributed by atoms with van der Waals surface area (Å²) in [6.07, 6.45) is 4.03. The smallest absolute Gasteiger partial charge is 0.226 e. The van der Waals surface area contributed by atoms with E-state index in [0.29, 0.717) is 24.6 Å². The van der Waals surface area contributed by atoms with E-state index in [9.17, 15) is 4.79 Å². The molecule has 18 heavy (non-hydrogen) atoms. The van der Waals surface area contributed by atoms with Crippen molar-refractivity contribution in [1.29, 1.82) is 0 Å². The maximum atomic E-state index is 11.9. The molecule has 0 bridgehead atoms. The Morgan fingerprint density at radius 1 is 1.44 bits per heavy atom. The van der Waals surface area contributed by atoms with Crippen LogP contribution < -0.4 is 10.6 Å². The van der Waals surface area contributed by atoms with Crippen LogP contribution in [-0.4, -0.2) is 37.7 Å². The first-order valence-electron chi connectivity index (χ1n) is 7.18. The summed E-state index contributed by atoms with van der Waals surface area (Å²) >= 11 is 0. The van der Waals surface area contributed by atoms with E-state index in [2.05, 4.69) is 10.6 Å². The molecule has 3 atom stereocenters. The lowest BCUT2D eigenvalue weighted by atomic mass is 9.72. The molecular weight excluding hydrogens is 228 g/mol. The summed E-state index contributed by atoms with van der Waals surface area (Å²) in [6, 6.07) is 0.545. The lowest BCUT2D eigenvalue weighted by Crippen LogP contribution is -2.58. The number of carbonyl (C=O) groups is 1. The van der Waals surface area contributed by atoms with Gasteiger partial charge in [-0.2, -0.15) is 0 Å². The summed E-state index contributed by atoms with van der Waals surface area (Å²) in [5.74, 6) is 0.803. The summed E-state index contributed by atoms with van der Waals surface area (Å²) in [4.78, 5) is 11.9. The number of hydrogen-bond donors (Lipinski definition) is 2. The van der Waals surface area contributed by atoms with Gasteiger partial charge in [0.15, 0.2) is 0 Å². The monoisotopic (exact) mass is 254 g/mol. The predicted octanol–water partition coefficient (Wildman–Crippen LogP) is 1.31. The topological polar surface area (TPSA) is 50.4 Å². The fourth-order valence-corrected chi connectivity index (χ4v) is 2.90. The summed E-state index contributed by atoms with van der Waals surface area (Å²) in [6.45, 7) is 8.32. The summed E-state index contributed by atoms with van der Waals surface area (Å²) in [7, 11) is 0. The van der Waals surface area contributed by atoms with Gasteiger partial charge in [0.05, 0.1) is 11.5 Å². The zero-order valence-corrected chi connectivity index (χ0v) is 11.8. The number of nitrogens with one attached hydrogen (secondary N) is 2. The molecule has 1 saturated heterocycles. The van der Waals surface area contributed by atoms with Crippen molar-refractivity contribution in [3.8, 4) is 0 Å². The van der Waals surface area contributed by atoms with Crippen LogP contribution in [0.3, 0.4) is 0 Å². The van der Waals surface area contributed by atoms with Crippen LogP contribution in [0.5, 0.6) is 0 Å². The van der Waals surface area contributed by atoms with Gasteiger partial charge in [0.25, 0.3) is 0 Å². The van der Waals surface area contributed by atoms with E-state index >= 15 is 0 Å². The fourth-order valence-electron chi connectivity index (χ4n) is 2.90. The molecule has 104 valence electrons. The molecule has 1 amide bonds. The highest BCUT2D eigenvalue weighted by atomic mass is 16.5. The van der Waals surface area contributed by atoms with Crippen LogP contribution in [0.25, 0.3) is 0 Å². The zero-order chi connectivity index (χ0) is 13.2. The highest BCUT2D eigenvalue weighted by molar-refractivity contribution is 5.81. The van der Waals surface area contributed by atoms with Crippen molar-refractivity contribution in [3.63, 3.8) is 0 Å². The zero-order valence-electron chi connectivity index (χ0n) is 11.8. The molecule has 1 heterocycles. The van der Waals surface area contributed by atoms with Crippen LogP contribution >= 0.6 is 0 Å². The Bertz CT molecular complexity index is 304. The third-order valence-electron chi connectivity index (χ3n) is 4.25. The lowest BCUT2D eigenvalue weighted by Gasteiger charge is -2.48. The molecule has 0 aromatic heterocycles. The predicted molar refractivity (Wildman–Crippen MR) is 71.3 cm³/mol. The molecule has 0 aromatic rings. The number of amides is 1. The molecule has 0 unspecified atom stereocenters. The Morgan fingerprint density at radius 2 is 2.22 bits per heavy atom. The van der Waals surface area contributed by atoms with Gasteiger partial charge in [0, 0.05) is 31.7 Å². The molecule has 2 N–H and O–H groups in total. The number of hydrogen-bond acceptors (Lipinski definition) is 3. The van der Waals surface area contributed by atoms with Gasteiger partial charge >= 0.3 is 0 Å². The van der Waals surface area contributed by atoms with E-state index in [0.717, 1.165) is 19.6 Å². The van der Waals surface area contributed by atoms with Crippen molar-refractivity contribution in [1.82, 2.24) is 10.6 Å². The Hall–Kier alpha value is -0.610. The van der Waals surface area contributed by atoms with Gasteiger partial charge < -0.3 is 15.4 Å². The van der Waals surface area contributed by atoms with Crippen molar-refractivity contribution < 1.29 is 9.53 Å². The second-order valence-corrected chi connectivity index (χ2v) is 6.18. The quantitative estimate of drug-likeness (QED) is 0.777. The first kappa shape index (κ1) is 13.8. The normalized spacial score (nSPS) is 31.4. The third-order valence-corrected chi connectivity index (χ3v) is 4.25. The van der Waals surface area contributed by atoms with Crippen LogP contribution in [0.2, 0.25) is 0 Å². The summed E-state index contributed by atoms with van der Waals surface area (Å²) in [5, 5.41) is 6.46. The first-order chi connectivity index (χ1) is 8.54. The molecule has 1 saturated carbocycles. The number of rotatable bonds is 5. The SMILES string of the molecule is CCNC(=O)C(C)(C)CN[C@@H]1C[C@H]2OCCC[C@@H]12. The molecular formula is C14H26N2O2.